The normalized spacial score (nSPS) is 24.8. The number of amides is 4. The molecule has 4 rings (SSSR count). The van der Waals surface area contributed by atoms with E-state index in [9.17, 15) is 19.2 Å². The summed E-state index contributed by atoms with van der Waals surface area (Å²) in [6, 6.07) is 4.19. The molecule has 0 aliphatic carbocycles. The fraction of sp³-hybridized carbons (Fsp3) is 0.474. The van der Waals surface area contributed by atoms with E-state index in [0.717, 1.165) is 11.3 Å². The Morgan fingerprint density at radius 1 is 1.14 bits per heavy atom. The van der Waals surface area contributed by atoms with Gasteiger partial charge < -0.3 is 15.4 Å². The van der Waals surface area contributed by atoms with E-state index < -0.39 is 23.8 Å². The van der Waals surface area contributed by atoms with E-state index in [1.807, 2.05) is 11.0 Å². The number of carbonyl (C=O) groups is 4. The van der Waals surface area contributed by atoms with Gasteiger partial charge in [-0.2, -0.15) is 0 Å². The number of hydrogen-bond acceptors (Lipinski definition) is 7. The summed E-state index contributed by atoms with van der Waals surface area (Å²) in [5.41, 5.74) is 6.76. The fourth-order valence-electron chi connectivity index (χ4n) is 4.08. The van der Waals surface area contributed by atoms with Gasteiger partial charge in [0.2, 0.25) is 11.8 Å². The Hall–Kier alpha value is -2.78. The number of nitrogens with one attached hydrogen (secondary N) is 1. The quantitative estimate of drug-likeness (QED) is 0.663. The van der Waals surface area contributed by atoms with Crippen molar-refractivity contribution in [2.45, 2.75) is 31.4 Å². The lowest BCUT2D eigenvalue weighted by Crippen LogP contribution is -2.54. The van der Waals surface area contributed by atoms with Crippen LogP contribution in [0, 0.1) is 0 Å². The number of benzene rings is 1. The van der Waals surface area contributed by atoms with Gasteiger partial charge in [0.25, 0.3) is 11.8 Å². The maximum absolute atomic E-state index is 13.1. The highest BCUT2D eigenvalue weighted by Crippen LogP contribution is 2.35. The van der Waals surface area contributed by atoms with Gasteiger partial charge in [-0.05, 0) is 25.0 Å². The van der Waals surface area contributed by atoms with Gasteiger partial charge >= 0.3 is 0 Å². The molecule has 0 radical (unpaired) electrons. The van der Waals surface area contributed by atoms with Gasteiger partial charge in [-0.3, -0.25) is 29.4 Å². The third kappa shape index (κ3) is 3.06. The number of imide groups is 2. The van der Waals surface area contributed by atoms with Crippen LogP contribution < -0.4 is 16.0 Å². The van der Waals surface area contributed by atoms with Crippen LogP contribution in [0.15, 0.2) is 18.2 Å². The Labute approximate surface area is 161 Å². The molecule has 3 N–H and O–H groups in total. The van der Waals surface area contributed by atoms with Crippen LogP contribution in [0.5, 0.6) is 0 Å². The molecule has 2 atom stereocenters. The van der Waals surface area contributed by atoms with Crippen LogP contribution in [-0.2, 0) is 14.3 Å². The van der Waals surface area contributed by atoms with Crippen LogP contribution in [0.3, 0.4) is 0 Å². The lowest BCUT2D eigenvalue weighted by molar-refractivity contribution is -0.136. The molecule has 0 bridgehead atoms. The Balaban J connectivity index is 1.60. The monoisotopic (exact) mass is 386 g/mol. The molecular weight excluding hydrogens is 364 g/mol. The number of nitrogens with zero attached hydrogens (tertiary/aromatic N) is 2. The van der Waals surface area contributed by atoms with Gasteiger partial charge in [-0.25, -0.2) is 0 Å². The first kappa shape index (κ1) is 18.6. The Morgan fingerprint density at radius 3 is 2.71 bits per heavy atom. The van der Waals surface area contributed by atoms with Crippen molar-refractivity contribution in [1.82, 2.24) is 10.2 Å². The largest absolute Gasteiger partial charge is 0.375 e. The number of nitrogens with two attached hydrogens (primary N) is 1. The number of rotatable bonds is 5. The van der Waals surface area contributed by atoms with E-state index in [2.05, 4.69) is 5.32 Å². The van der Waals surface area contributed by atoms with E-state index in [1.165, 1.54) is 0 Å². The Bertz CT molecular complexity index is 855. The summed E-state index contributed by atoms with van der Waals surface area (Å²) in [6.45, 7) is 2.24. The molecule has 9 heteroatoms. The maximum Gasteiger partial charge on any atom is 0.264 e. The number of anilines is 1. The minimum Gasteiger partial charge on any atom is -0.375 e. The molecule has 148 valence electrons. The van der Waals surface area contributed by atoms with Crippen molar-refractivity contribution in [2.75, 3.05) is 31.1 Å². The molecule has 0 aromatic heterocycles. The van der Waals surface area contributed by atoms with Gasteiger partial charge in [0.1, 0.15) is 6.04 Å². The van der Waals surface area contributed by atoms with E-state index in [1.54, 1.807) is 12.1 Å². The molecule has 4 amide bonds. The molecule has 3 aliphatic heterocycles. The average molecular weight is 386 g/mol. The molecule has 0 saturated carbocycles. The van der Waals surface area contributed by atoms with E-state index in [-0.39, 0.29) is 24.9 Å². The van der Waals surface area contributed by atoms with Gasteiger partial charge in [0.15, 0.2) is 0 Å². The van der Waals surface area contributed by atoms with Crippen molar-refractivity contribution < 1.29 is 23.9 Å². The topological polar surface area (TPSA) is 122 Å². The van der Waals surface area contributed by atoms with Gasteiger partial charge in [0, 0.05) is 26.1 Å². The van der Waals surface area contributed by atoms with E-state index >= 15 is 0 Å². The van der Waals surface area contributed by atoms with Gasteiger partial charge in [-0.1, -0.05) is 6.07 Å². The second-order valence-electron chi connectivity index (χ2n) is 7.16. The number of hydrogen-bond donors (Lipinski definition) is 2. The number of fused-ring (bicyclic) bond motifs is 1. The van der Waals surface area contributed by atoms with Crippen molar-refractivity contribution in [3.05, 3.63) is 29.3 Å². The summed E-state index contributed by atoms with van der Waals surface area (Å²) in [7, 11) is 0. The van der Waals surface area contributed by atoms with Crippen molar-refractivity contribution in [3.8, 4) is 0 Å². The molecule has 2 saturated heterocycles. The minimum absolute atomic E-state index is 0.0258. The highest BCUT2D eigenvalue weighted by molar-refractivity contribution is 6.25. The smallest absolute Gasteiger partial charge is 0.264 e. The number of piperidine rings is 1. The molecule has 0 spiro atoms. The molecule has 1 aromatic rings. The van der Waals surface area contributed by atoms with Crippen molar-refractivity contribution in [1.29, 1.82) is 0 Å². The van der Waals surface area contributed by atoms with Crippen LogP contribution in [0.1, 0.15) is 40.0 Å². The summed E-state index contributed by atoms with van der Waals surface area (Å²) in [5.74, 6) is -1.98. The summed E-state index contributed by atoms with van der Waals surface area (Å²) in [4.78, 5) is 52.6. The zero-order valence-corrected chi connectivity index (χ0v) is 15.3. The SMILES string of the molecule is NCCOC1CCN(c2cccc3c2C(=O)N(C2CCC(=O)NC2=O)C3=O)C1. The second-order valence-corrected chi connectivity index (χ2v) is 7.16. The van der Waals surface area contributed by atoms with E-state index in [4.69, 9.17) is 10.5 Å². The first-order valence-corrected chi connectivity index (χ1v) is 9.42. The average Bonchev–Trinajstić information content (AvgIpc) is 3.24. The van der Waals surface area contributed by atoms with Crippen molar-refractivity contribution >= 4 is 29.3 Å². The second kappa shape index (κ2) is 7.33. The molecule has 2 fully saturated rings. The third-order valence-electron chi connectivity index (χ3n) is 5.40. The molecular formula is C19H22N4O5. The summed E-state index contributed by atoms with van der Waals surface area (Å²) in [5, 5.41) is 2.21. The third-order valence-corrected chi connectivity index (χ3v) is 5.40. The highest BCUT2D eigenvalue weighted by atomic mass is 16.5. The zero-order chi connectivity index (χ0) is 19.8. The van der Waals surface area contributed by atoms with Crippen molar-refractivity contribution in [3.63, 3.8) is 0 Å². The number of carbonyl (C=O) groups excluding carboxylic acids is 4. The van der Waals surface area contributed by atoms with Crippen LogP contribution in [0.25, 0.3) is 0 Å². The minimum atomic E-state index is -0.961. The summed E-state index contributed by atoms with van der Waals surface area (Å²) in [6.07, 6.45) is 1.08. The Morgan fingerprint density at radius 2 is 1.96 bits per heavy atom. The predicted octanol–water partition coefficient (Wildman–Crippen LogP) is -0.358. The number of ether oxygens (including phenoxy) is 1. The summed E-state index contributed by atoms with van der Waals surface area (Å²) >= 11 is 0. The predicted molar refractivity (Wildman–Crippen MR) is 98.7 cm³/mol. The lowest BCUT2D eigenvalue weighted by atomic mass is 10.0. The molecule has 1 aromatic carbocycles. The standard InChI is InChI=1S/C19H22N4O5/c20-7-9-28-11-6-8-22(10-11)13-3-1-2-12-16(13)19(27)23(18(12)26)14-4-5-15(24)21-17(14)25/h1-3,11,14H,4-10,20H2,(H,21,24,25). The van der Waals surface area contributed by atoms with Crippen LogP contribution >= 0.6 is 0 Å². The first-order valence-electron chi connectivity index (χ1n) is 9.42. The first-order chi connectivity index (χ1) is 13.5. The van der Waals surface area contributed by atoms with Crippen LogP contribution in [0.2, 0.25) is 0 Å². The fourth-order valence-corrected chi connectivity index (χ4v) is 4.08. The summed E-state index contributed by atoms with van der Waals surface area (Å²) < 4.78 is 5.70. The van der Waals surface area contributed by atoms with Crippen LogP contribution in [-0.4, -0.2) is 66.9 Å². The van der Waals surface area contributed by atoms with Crippen molar-refractivity contribution in [2.24, 2.45) is 5.73 Å². The molecule has 9 nitrogen and oxygen atoms in total. The van der Waals surface area contributed by atoms with Gasteiger partial charge in [-0.15, -0.1) is 0 Å². The molecule has 3 heterocycles. The lowest BCUT2D eigenvalue weighted by Gasteiger charge is -2.28. The zero-order valence-electron chi connectivity index (χ0n) is 15.3. The molecule has 2 unspecified atom stereocenters. The molecule has 28 heavy (non-hydrogen) atoms. The van der Waals surface area contributed by atoms with E-state index in [0.29, 0.717) is 43.1 Å². The molecule has 3 aliphatic rings. The van der Waals surface area contributed by atoms with Gasteiger partial charge in [0.05, 0.1) is 29.5 Å². The van der Waals surface area contributed by atoms with Crippen LogP contribution in [0.4, 0.5) is 5.69 Å². The highest BCUT2D eigenvalue weighted by Gasteiger charge is 2.46. The Kier molecular flexibility index (Phi) is 4.86. The maximum atomic E-state index is 13.1.